The SMILES string of the molecule is CCC[C@@H](O)CO[C@@H]1CNC[C@H](OCc2ccc3c(c2)N(CCCOC)CCO3)[C@H]1c1ccc(COCCCOC)cc1. The first-order valence-electron chi connectivity index (χ1n) is 15.9. The number of anilines is 1. The molecule has 9 nitrogen and oxygen atoms in total. The number of hydrogen-bond acceptors (Lipinski definition) is 9. The molecule has 0 unspecified atom stereocenters. The molecule has 0 saturated carbocycles. The summed E-state index contributed by atoms with van der Waals surface area (Å²) < 4.78 is 35.1. The number of methoxy groups -OCH3 is 2. The number of piperidine rings is 1. The molecule has 2 heterocycles. The molecular formula is C34H52N2O7. The van der Waals surface area contributed by atoms with Crippen LogP contribution in [0.1, 0.15) is 55.2 Å². The van der Waals surface area contributed by atoms with Gasteiger partial charge in [-0.2, -0.15) is 0 Å². The minimum absolute atomic E-state index is 0.0262. The summed E-state index contributed by atoms with van der Waals surface area (Å²) in [6, 6.07) is 15.0. The van der Waals surface area contributed by atoms with Gasteiger partial charge in [-0.15, -0.1) is 0 Å². The molecule has 2 aliphatic rings. The van der Waals surface area contributed by atoms with E-state index in [0.717, 1.165) is 74.5 Å². The van der Waals surface area contributed by atoms with E-state index in [2.05, 4.69) is 59.6 Å². The molecule has 0 aliphatic carbocycles. The van der Waals surface area contributed by atoms with Gasteiger partial charge in [0, 0.05) is 59.6 Å². The van der Waals surface area contributed by atoms with Gasteiger partial charge in [0.15, 0.2) is 0 Å². The lowest BCUT2D eigenvalue weighted by atomic mass is 9.85. The standard InChI is InChI=1S/C34H52N2O7/c1-4-7-29(37)25-43-33-22-35-21-32(34(33)28-11-8-26(9-12-28)23-40-18-6-17-39-3)42-24-27-10-13-31-30(20-27)36(15-19-41-31)14-5-16-38-2/h8-13,20,29,32-35,37H,4-7,14-19,21-25H2,1-3H3/t29-,32+,33-,34-/m1/s1. The summed E-state index contributed by atoms with van der Waals surface area (Å²) in [5, 5.41) is 13.9. The van der Waals surface area contributed by atoms with Crippen molar-refractivity contribution in [3.8, 4) is 5.75 Å². The predicted octanol–water partition coefficient (Wildman–Crippen LogP) is 4.29. The molecule has 0 amide bonds. The number of fused-ring (bicyclic) bond motifs is 1. The summed E-state index contributed by atoms with van der Waals surface area (Å²) >= 11 is 0. The monoisotopic (exact) mass is 600 g/mol. The predicted molar refractivity (Wildman–Crippen MR) is 168 cm³/mol. The quantitative estimate of drug-likeness (QED) is 0.229. The maximum Gasteiger partial charge on any atom is 0.142 e. The molecule has 2 N–H and O–H groups in total. The van der Waals surface area contributed by atoms with Crippen molar-refractivity contribution in [1.29, 1.82) is 0 Å². The molecule has 9 heteroatoms. The van der Waals surface area contributed by atoms with Crippen molar-refractivity contribution in [2.45, 2.75) is 70.1 Å². The highest BCUT2D eigenvalue weighted by molar-refractivity contribution is 5.61. The number of nitrogens with zero attached hydrogens (tertiary/aromatic N) is 1. The lowest BCUT2D eigenvalue weighted by Gasteiger charge is -2.39. The smallest absolute Gasteiger partial charge is 0.142 e. The highest BCUT2D eigenvalue weighted by atomic mass is 16.5. The first kappa shape index (κ1) is 33.6. The molecule has 0 radical (unpaired) electrons. The molecule has 1 fully saturated rings. The molecule has 240 valence electrons. The van der Waals surface area contributed by atoms with Crippen LogP contribution in [0.3, 0.4) is 0 Å². The topological polar surface area (TPSA) is 90.9 Å². The zero-order valence-electron chi connectivity index (χ0n) is 26.3. The van der Waals surface area contributed by atoms with Crippen LogP contribution in [0.15, 0.2) is 42.5 Å². The fraction of sp³-hybridized carbons (Fsp3) is 0.647. The van der Waals surface area contributed by atoms with E-state index in [9.17, 15) is 5.11 Å². The highest BCUT2D eigenvalue weighted by Crippen LogP contribution is 2.35. The van der Waals surface area contributed by atoms with Gasteiger partial charge < -0.3 is 43.7 Å². The van der Waals surface area contributed by atoms with Crippen LogP contribution in [-0.2, 0) is 36.9 Å². The number of ether oxygens (including phenoxy) is 6. The van der Waals surface area contributed by atoms with Crippen LogP contribution in [0.2, 0.25) is 0 Å². The number of aliphatic hydroxyl groups excluding tert-OH is 1. The minimum atomic E-state index is -0.464. The maximum absolute atomic E-state index is 10.4. The third kappa shape index (κ3) is 10.4. The van der Waals surface area contributed by atoms with Gasteiger partial charge >= 0.3 is 0 Å². The Hall–Kier alpha value is -2.24. The molecule has 43 heavy (non-hydrogen) atoms. The molecule has 2 aliphatic heterocycles. The summed E-state index contributed by atoms with van der Waals surface area (Å²) in [6.45, 7) is 9.51. The number of benzene rings is 2. The Morgan fingerprint density at radius 1 is 0.930 bits per heavy atom. The van der Waals surface area contributed by atoms with Crippen LogP contribution in [0.25, 0.3) is 0 Å². The molecule has 0 spiro atoms. The summed E-state index contributed by atoms with van der Waals surface area (Å²) in [5.41, 5.74) is 4.54. The average Bonchev–Trinajstić information content (AvgIpc) is 3.03. The first-order valence-corrected chi connectivity index (χ1v) is 15.9. The highest BCUT2D eigenvalue weighted by Gasteiger charge is 2.36. The Labute approximate surface area is 257 Å². The third-order valence-corrected chi connectivity index (χ3v) is 8.11. The van der Waals surface area contributed by atoms with Crippen LogP contribution in [0, 0.1) is 0 Å². The van der Waals surface area contributed by atoms with E-state index in [1.54, 1.807) is 14.2 Å². The van der Waals surface area contributed by atoms with Crippen LogP contribution < -0.4 is 15.0 Å². The normalized spacial score (nSPS) is 20.9. The second-order valence-corrected chi connectivity index (χ2v) is 11.5. The van der Waals surface area contributed by atoms with Crippen molar-refractivity contribution in [1.82, 2.24) is 5.32 Å². The van der Waals surface area contributed by atoms with Crippen molar-refractivity contribution in [3.05, 3.63) is 59.2 Å². The Morgan fingerprint density at radius 3 is 2.44 bits per heavy atom. The van der Waals surface area contributed by atoms with E-state index in [4.69, 9.17) is 28.4 Å². The molecule has 2 aromatic carbocycles. The second-order valence-electron chi connectivity index (χ2n) is 11.5. The number of rotatable bonds is 19. The van der Waals surface area contributed by atoms with E-state index in [-0.39, 0.29) is 18.1 Å². The van der Waals surface area contributed by atoms with Gasteiger partial charge in [-0.1, -0.05) is 43.7 Å². The Kier molecular flexibility index (Phi) is 14.5. The Bertz CT molecular complexity index is 1050. The van der Waals surface area contributed by atoms with Crippen LogP contribution in [-0.4, -0.2) is 96.9 Å². The van der Waals surface area contributed by atoms with Crippen molar-refractivity contribution in [3.63, 3.8) is 0 Å². The van der Waals surface area contributed by atoms with Crippen LogP contribution in [0.4, 0.5) is 5.69 Å². The van der Waals surface area contributed by atoms with E-state index in [0.29, 0.717) is 46.2 Å². The van der Waals surface area contributed by atoms with Gasteiger partial charge in [0.1, 0.15) is 12.4 Å². The van der Waals surface area contributed by atoms with Crippen molar-refractivity contribution >= 4 is 5.69 Å². The Morgan fingerprint density at radius 2 is 1.67 bits per heavy atom. The van der Waals surface area contributed by atoms with Gasteiger partial charge in [0.2, 0.25) is 0 Å². The van der Waals surface area contributed by atoms with Gasteiger partial charge in [0.05, 0.1) is 50.4 Å². The second kappa shape index (κ2) is 18.5. The molecule has 1 saturated heterocycles. The van der Waals surface area contributed by atoms with E-state index in [1.165, 1.54) is 5.56 Å². The van der Waals surface area contributed by atoms with Gasteiger partial charge in [-0.25, -0.2) is 0 Å². The molecule has 2 aromatic rings. The van der Waals surface area contributed by atoms with Gasteiger partial charge in [-0.05, 0) is 48.1 Å². The number of aliphatic hydroxyl groups is 1. The fourth-order valence-corrected chi connectivity index (χ4v) is 5.84. The Balaban J connectivity index is 1.45. The van der Waals surface area contributed by atoms with Gasteiger partial charge in [0.25, 0.3) is 0 Å². The molecule has 0 aromatic heterocycles. The molecular weight excluding hydrogens is 548 g/mol. The van der Waals surface area contributed by atoms with Crippen LogP contribution >= 0.6 is 0 Å². The zero-order chi connectivity index (χ0) is 30.3. The average molecular weight is 601 g/mol. The lowest BCUT2D eigenvalue weighted by molar-refractivity contribution is -0.0783. The van der Waals surface area contributed by atoms with Crippen molar-refractivity contribution in [2.24, 2.45) is 0 Å². The minimum Gasteiger partial charge on any atom is -0.490 e. The lowest BCUT2D eigenvalue weighted by Crippen LogP contribution is -2.51. The summed E-state index contributed by atoms with van der Waals surface area (Å²) in [4.78, 5) is 2.38. The molecule has 0 bridgehead atoms. The van der Waals surface area contributed by atoms with Crippen molar-refractivity contribution in [2.75, 3.05) is 78.3 Å². The number of hydrogen-bond donors (Lipinski definition) is 2. The fourth-order valence-electron chi connectivity index (χ4n) is 5.84. The van der Waals surface area contributed by atoms with E-state index >= 15 is 0 Å². The van der Waals surface area contributed by atoms with Crippen molar-refractivity contribution < 1.29 is 33.5 Å². The van der Waals surface area contributed by atoms with E-state index in [1.807, 2.05) is 0 Å². The summed E-state index contributed by atoms with van der Waals surface area (Å²) in [6.07, 6.45) is 2.84. The first-order chi connectivity index (χ1) is 21.1. The largest absolute Gasteiger partial charge is 0.490 e. The summed E-state index contributed by atoms with van der Waals surface area (Å²) in [7, 11) is 3.45. The zero-order valence-corrected chi connectivity index (χ0v) is 26.3. The van der Waals surface area contributed by atoms with E-state index < -0.39 is 6.10 Å². The summed E-state index contributed by atoms with van der Waals surface area (Å²) in [5.74, 6) is 0.949. The molecule has 4 rings (SSSR count). The maximum atomic E-state index is 10.4. The number of nitrogens with one attached hydrogen (secondary N) is 1. The van der Waals surface area contributed by atoms with Crippen LogP contribution in [0.5, 0.6) is 5.75 Å². The molecule has 4 atom stereocenters. The van der Waals surface area contributed by atoms with Gasteiger partial charge in [-0.3, -0.25) is 0 Å². The third-order valence-electron chi connectivity index (χ3n) is 8.11.